The van der Waals surface area contributed by atoms with E-state index in [0.29, 0.717) is 0 Å². The van der Waals surface area contributed by atoms with Crippen LogP contribution in [0.4, 0.5) is 0 Å². The van der Waals surface area contributed by atoms with Gasteiger partial charge in [-0.2, -0.15) is 0 Å². The van der Waals surface area contributed by atoms with Gasteiger partial charge >= 0.3 is 11.9 Å². The van der Waals surface area contributed by atoms with Gasteiger partial charge in [-0.3, -0.25) is 4.79 Å². The Hall–Kier alpha value is -1.47. The van der Waals surface area contributed by atoms with Crippen LogP contribution in [-0.4, -0.2) is 40.6 Å². The van der Waals surface area contributed by atoms with E-state index >= 15 is 0 Å². The van der Waals surface area contributed by atoms with Crippen LogP contribution >= 0.6 is 0 Å². The van der Waals surface area contributed by atoms with Crippen molar-refractivity contribution < 1.29 is 34.4 Å². The van der Waals surface area contributed by atoms with Crippen molar-refractivity contribution in [3.05, 3.63) is 0 Å². The molecule has 1 atom stereocenters. The molecular weight excluding hydrogens is 184 g/mol. The van der Waals surface area contributed by atoms with E-state index in [9.17, 15) is 14.4 Å². The van der Waals surface area contributed by atoms with Gasteiger partial charge in [0.1, 0.15) is 6.61 Å². The van der Waals surface area contributed by atoms with Gasteiger partial charge in [0.15, 0.2) is 6.10 Å². The average molecular weight is 192 g/mol. The predicted octanol–water partition coefficient (Wildman–Crippen LogP) is -2.07. The molecule has 7 nitrogen and oxygen atoms in total. The maximum absolute atomic E-state index is 10.4. The van der Waals surface area contributed by atoms with Crippen molar-refractivity contribution in [3.8, 4) is 0 Å². The first-order valence-corrected chi connectivity index (χ1v) is 3.23. The Kier molecular flexibility index (Phi) is 4.63. The van der Waals surface area contributed by atoms with Gasteiger partial charge in [0, 0.05) is 0 Å². The topological polar surface area (TPSA) is 110 Å². The molecule has 0 radical (unpaired) electrons. The van der Waals surface area contributed by atoms with E-state index in [-0.39, 0.29) is 0 Å². The summed E-state index contributed by atoms with van der Waals surface area (Å²) in [6.07, 6.45) is -1.46. The van der Waals surface area contributed by atoms with Crippen LogP contribution in [0, 0.1) is 0 Å². The maximum Gasteiger partial charge on any atom is 0.424 e. The molecule has 74 valence electrons. The Morgan fingerprint density at radius 1 is 1.31 bits per heavy atom. The van der Waals surface area contributed by atoms with Gasteiger partial charge in [-0.25, -0.2) is 19.4 Å². The Balaban J connectivity index is 3.84. The van der Waals surface area contributed by atoms with E-state index in [0.717, 1.165) is 6.92 Å². The van der Waals surface area contributed by atoms with E-state index in [1.165, 1.54) is 0 Å². The molecule has 2 N–H and O–H groups in total. The quantitative estimate of drug-likeness (QED) is 0.300. The number of aliphatic hydroxyl groups excluding tert-OH is 2. The van der Waals surface area contributed by atoms with Crippen molar-refractivity contribution in [1.82, 2.24) is 0 Å². The maximum atomic E-state index is 10.4. The highest BCUT2D eigenvalue weighted by atomic mass is 17.2. The molecule has 13 heavy (non-hydrogen) atoms. The fourth-order valence-electron chi connectivity index (χ4n) is 0.260. The Morgan fingerprint density at radius 2 is 1.85 bits per heavy atom. The zero-order valence-corrected chi connectivity index (χ0v) is 6.72. The number of ketones is 1. The minimum absolute atomic E-state index is 1.04. The van der Waals surface area contributed by atoms with Crippen LogP contribution in [0.5, 0.6) is 0 Å². The van der Waals surface area contributed by atoms with Crippen molar-refractivity contribution in [3.63, 3.8) is 0 Å². The molecule has 0 saturated heterocycles. The highest BCUT2D eigenvalue weighted by Gasteiger charge is 2.19. The summed E-state index contributed by atoms with van der Waals surface area (Å²) in [6, 6.07) is 0. The van der Waals surface area contributed by atoms with E-state index in [1.807, 2.05) is 0 Å². The van der Waals surface area contributed by atoms with Gasteiger partial charge in [-0.05, 0) is 6.92 Å². The standard InChI is InChI=1S/C6H8O7/c1-3(8)5(10)12-13-6(11)4(9)2-7/h3,7-8H,2H2,1H3. The molecule has 0 fully saturated rings. The molecule has 0 aliphatic carbocycles. The zero-order valence-electron chi connectivity index (χ0n) is 6.72. The van der Waals surface area contributed by atoms with Gasteiger partial charge in [0.05, 0.1) is 0 Å². The third-order valence-electron chi connectivity index (χ3n) is 0.912. The van der Waals surface area contributed by atoms with E-state index in [2.05, 4.69) is 9.78 Å². The Labute approximate surface area is 72.8 Å². The molecule has 0 bridgehead atoms. The summed E-state index contributed by atoms with van der Waals surface area (Å²) in [7, 11) is 0. The predicted molar refractivity (Wildman–Crippen MR) is 36.0 cm³/mol. The second kappa shape index (κ2) is 5.22. The van der Waals surface area contributed by atoms with Gasteiger partial charge in [-0.1, -0.05) is 0 Å². The molecule has 0 amide bonds. The Bertz CT molecular complexity index is 219. The second-order valence-corrected chi connectivity index (χ2v) is 2.03. The first-order chi connectivity index (χ1) is 5.99. The van der Waals surface area contributed by atoms with Gasteiger partial charge < -0.3 is 10.2 Å². The molecule has 0 rings (SSSR count). The zero-order chi connectivity index (χ0) is 10.4. The highest BCUT2D eigenvalue weighted by molar-refractivity contribution is 6.34. The van der Waals surface area contributed by atoms with Crippen molar-refractivity contribution >= 4 is 17.7 Å². The lowest BCUT2D eigenvalue weighted by Gasteiger charge is -2.02. The molecule has 0 heterocycles. The number of carbonyl (C=O) groups excluding carboxylic acids is 3. The number of hydrogen-bond donors (Lipinski definition) is 2. The van der Waals surface area contributed by atoms with Crippen LogP contribution < -0.4 is 0 Å². The second-order valence-electron chi connectivity index (χ2n) is 2.03. The molecule has 0 aliphatic heterocycles. The highest BCUT2D eigenvalue weighted by Crippen LogP contribution is 1.89. The van der Waals surface area contributed by atoms with Gasteiger partial charge in [0.25, 0.3) is 5.78 Å². The van der Waals surface area contributed by atoms with Crippen molar-refractivity contribution in [2.45, 2.75) is 13.0 Å². The summed E-state index contributed by atoms with van der Waals surface area (Å²) < 4.78 is 0. The molecule has 0 spiro atoms. The number of aliphatic hydroxyl groups is 2. The van der Waals surface area contributed by atoms with Crippen LogP contribution in [-0.2, 0) is 24.2 Å². The minimum Gasteiger partial charge on any atom is -0.388 e. The fourth-order valence-corrected chi connectivity index (χ4v) is 0.260. The molecule has 1 unspecified atom stereocenters. The largest absolute Gasteiger partial charge is 0.424 e. The first kappa shape index (κ1) is 11.5. The summed E-state index contributed by atoms with van der Waals surface area (Å²) in [4.78, 5) is 38.5. The summed E-state index contributed by atoms with van der Waals surface area (Å²) in [5, 5.41) is 16.7. The SMILES string of the molecule is CC(O)C(=O)OOC(=O)C(=O)CO. The van der Waals surface area contributed by atoms with Crippen molar-refractivity contribution in [2.24, 2.45) is 0 Å². The molecule has 0 aromatic rings. The molecule has 0 saturated carbocycles. The summed E-state index contributed by atoms with van der Waals surface area (Å²) in [5.74, 6) is -3.96. The van der Waals surface area contributed by atoms with Gasteiger partial charge in [0.2, 0.25) is 0 Å². The minimum atomic E-state index is -1.50. The smallest absolute Gasteiger partial charge is 0.388 e. The summed E-state index contributed by atoms with van der Waals surface area (Å²) in [5.41, 5.74) is 0. The normalized spacial score (nSPS) is 11.6. The van der Waals surface area contributed by atoms with Crippen molar-refractivity contribution in [2.75, 3.05) is 6.61 Å². The van der Waals surface area contributed by atoms with Crippen LogP contribution in [0.15, 0.2) is 0 Å². The molecule has 0 aliphatic rings. The lowest BCUT2D eigenvalue weighted by Crippen LogP contribution is -2.26. The van der Waals surface area contributed by atoms with Crippen LogP contribution in [0.3, 0.4) is 0 Å². The van der Waals surface area contributed by atoms with Crippen LogP contribution in [0.25, 0.3) is 0 Å². The molecule has 7 heteroatoms. The van der Waals surface area contributed by atoms with Crippen LogP contribution in [0.1, 0.15) is 6.92 Å². The third kappa shape index (κ3) is 4.19. The third-order valence-corrected chi connectivity index (χ3v) is 0.912. The Morgan fingerprint density at radius 3 is 2.23 bits per heavy atom. The number of Topliss-reactive ketones (excluding diaryl/α,β-unsaturated/α-hetero) is 1. The number of rotatable bonds is 3. The average Bonchev–Trinajstić information content (AvgIpc) is 2.11. The number of carbonyl (C=O) groups is 3. The van der Waals surface area contributed by atoms with E-state index in [1.54, 1.807) is 0 Å². The van der Waals surface area contributed by atoms with Gasteiger partial charge in [-0.15, -0.1) is 0 Å². The fraction of sp³-hybridized carbons (Fsp3) is 0.500. The van der Waals surface area contributed by atoms with E-state index < -0.39 is 30.4 Å². The van der Waals surface area contributed by atoms with E-state index in [4.69, 9.17) is 10.2 Å². The monoisotopic (exact) mass is 192 g/mol. The summed E-state index contributed by atoms with van der Waals surface area (Å²) >= 11 is 0. The number of hydrogen-bond acceptors (Lipinski definition) is 7. The summed E-state index contributed by atoms with van der Waals surface area (Å²) in [6.45, 7) is 0.0507. The molecule has 0 aromatic carbocycles. The molecule has 0 aromatic heterocycles. The lowest BCUT2D eigenvalue weighted by atomic mass is 10.4. The molecular formula is C6H8O7. The van der Waals surface area contributed by atoms with Crippen LogP contribution in [0.2, 0.25) is 0 Å². The lowest BCUT2D eigenvalue weighted by molar-refractivity contribution is -0.261. The van der Waals surface area contributed by atoms with Crippen molar-refractivity contribution in [1.29, 1.82) is 0 Å². The first-order valence-electron chi connectivity index (χ1n) is 3.23.